The summed E-state index contributed by atoms with van der Waals surface area (Å²) in [6.07, 6.45) is 2.57. The predicted molar refractivity (Wildman–Crippen MR) is 68.8 cm³/mol. The second-order valence-electron chi connectivity index (χ2n) is 4.89. The van der Waals surface area contributed by atoms with Gasteiger partial charge in [-0.1, -0.05) is 0 Å². The molecular formula is C14H20FNO2. The molecule has 0 saturated heterocycles. The van der Waals surface area contributed by atoms with Crippen LogP contribution in [0.1, 0.15) is 31.2 Å². The van der Waals surface area contributed by atoms with Crippen LogP contribution in [-0.2, 0) is 5.67 Å². The van der Waals surface area contributed by atoms with Gasteiger partial charge in [-0.3, -0.25) is 0 Å². The van der Waals surface area contributed by atoms with Gasteiger partial charge in [0.2, 0.25) is 0 Å². The molecule has 0 aromatic heterocycles. The third kappa shape index (κ3) is 2.43. The number of nitrogens with two attached hydrogens (primary N) is 1. The molecule has 3 nitrogen and oxygen atoms in total. The van der Waals surface area contributed by atoms with E-state index in [1.807, 2.05) is 0 Å². The highest BCUT2D eigenvalue weighted by molar-refractivity contribution is 5.44. The van der Waals surface area contributed by atoms with Crippen LogP contribution < -0.4 is 15.2 Å². The Labute approximate surface area is 107 Å². The van der Waals surface area contributed by atoms with Gasteiger partial charge in [-0.05, 0) is 31.4 Å². The van der Waals surface area contributed by atoms with Gasteiger partial charge >= 0.3 is 0 Å². The Morgan fingerprint density at radius 3 is 2.72 bits per heavy atom. The molecule has 2 atom stereocenters. The zero-order chi connectivity index (χ0) is 13.2. The maximum Gasteiger partial charge on any atom is 0.141 e. The summed E-state index contributed by atoms with van der Waals surface area (Å²) in [6, 6.07) is 5.15. The second kappa shape index (κ2) is 5.14. The molecule has 0 bridgehead atoms. The number of methoxy groups -OCH3 is 2. The fourth-order valence-corrected chi connectivity index (χ4v) is 2.68. The van der Waals surface area contributed by atoms with E-state index in [2.05, 4.69) is 0 Å². The molecule has 1 aliphatic carbocycles. The highest BCUT2D eigenvalue weighted by Gasteiger charge is 2.39. The van der Waals surface area contributed by atoms with E-state index in [0.717, 1.165) is 12.8 Å². The Morgan fingerprint density at radius 2 is 2.11 bits per heavy atom. The van der Waals surface area contributed by atoms with E-state index in [4.69, 9.17) is 15.2 Å². The van der Waals surface area contributed by atoms with Crippen molar-refractivity contribution in [3.63, 3.8) is 0 Å². The number of ether oxygens (including phenoxy) is 2. The number of alkyl halides is 1. The first-order valence-electron chi connectivity index (χ1n) is 6.26. The van der Waals surface area contributed by atoms with Crippen LogP contribution in [0.15, 0.2) is 18.2 Å². The van der Waals surface area contributed by atoms with Crippen LogP contribution in [0.3, 0.4) is 0 Å². The highest BCUT2D eigenvalue weighted by atomic mass is 19.1. The normalized spacial score (nSPS) is 27.9. The number of benzene rings is 1. The molecule has 2 unspecified atom stereocenters. The highest BCUT2D eigenvalue weighted by Crippen LogP contribution is 2.44. The maximum atomic E-state index is 15.0. The Morgan fingerprint density at radius 1 is 1.33 bits per heavy atom. The van der Waals surface area contributed by atoms with Gasteiger partial charge in [0, 0.05) is 24.1 Å². The average Bonchev–Trinajstić information content (AvgIpc) is 2.37. The summed E-state index contributed by atoms with van der Waals surface area (Å²) in [6.45, 7) is 0. The number of hydrogen-bond acceptors (Lipinski definition) is 3. The molecule has 0 spiro atoms. The van der Waals surface area contributed by atoms with Gasteiger partial charge in [0.1, 0.15) is 17.2 Å². The molecule has 4 heteroatoms. The van der Waals surface area contributed by atoms with Crippen LogP contribution in [0, 0.1) is 0 Å². The maximum absolute atomic E-state index is 15.0. The standard InChI is InChI=1S/C14H20FNO2/c1-17-11-5-6-12(13(8-11)18-2)14(15)7-3-4-10(16)9-14/h5-6,8,10H,3-4,7,9,16H2,1-2H3. The van der Waals surface area contributed by atoms with Crippen LogP contribution in [-0.4, -0.2) is 20.3 Å². The second-order valence-corrected chi connectivity index (χ2v) is 4.89. The first-order valence-corrected chi connectivity index (χ1v) is 6.26. The van der Waals surface area contributed by atoms with Gasteiger partial charge in [0.25, 0.3) is 0 Å². The van der Waals surface area contributed by atoms with Crippen molar-refractivity contribution in [2.45, 2.75) is 37.4 Å². The molecule has 100 valence electrons. The van der Waals surface area contributed by atoms with Gasteiger partial charge in [0.05, 0.1) is 14.2 Å². The van der Waals surface area contributed by atoms with Crippen molar-refractivity contribution in [2.75, 3.05) is 14.2 Å². The predicted octanol–water partition coefficient (Wildman–Crippen LogP) is 2.77. The lowest BCUT2D eigenvalue weighted by molar-refractivity contribution is 0.0914. The Kier molecular flexibility index (Phi) is 3.76. The van der Waals surface area contributed by atoms with Crippen molar-refractivity contribution in [3.05, 3.63) is 23.8 Å². The molecule has 0 aliphatic heterocycles. The van der Waals surface area contributed by atoms with E-state index in [1.54, 1.807) is 32.4 Å². The Balaban J connectivity index is 2.36. The van der Waals surface area contributed by atoms with Gasteiger partial charge in [-0.2, -0.15) is 0 Å². The number of hydrogen-bond donors (Lipinski definition) is 1. The van der Waals surface area contributed by atoms with Crippen LogP contribution in [0.4, 0.5) is 4.39 Å². The zero-order valence-corrected chi connectivity index (χ0v) is 10.9. The van der Waals surface area contributed by atoms with Crippen LogP contribution >= 0.6 is 0 Å². The van der Waals surface area contributed by atoms with Crippen LogP contribution in [0.5, 0.6) is 11.5 Å². The summed E-state index contributed by atoms with van der Waals surface area (Å²) in [4.78, 5) is 0. The summed E-state index contributed by atoms with van der Waals surface area (Å²) >= 11 is 0. The summed E-state index contributed by atoms with van der Waals surface area (Å²) in [5, 5.41) is 0. The first-order chi connectivity index (χ1) is 8.59. The van der Waals surface area contributed by atoms with E-state index < -0.39 is 5.67 Å². The molecule has 0 heterocycles. The lowest BCUT2D eigenvalue weighted by atomic mass is 9.78. The van der Waals surface area contributed by atoms with Gasteiger partial charge in [0.15, 0.2) is 0 Å². The molecule has 1 aromatic carbocycles. The molecule has 18 heavy (non-hydrogen) atoms. The van der Waals surface area contributed by atoms with Gasteiger partial charge in [-0.25, -0.2) is 4.39 Å². The van der Waals surface area contributed by atoms with Crippen LogP contribution in [0.25, 0.3) is 0 Å². The third-order valence-electron chi connectivity index (χ3n) is 3.63. The minimum absolute atomic E-state index is 0.0736. The van der Waals surface area contributed by atoms with E-state index in [0.29, 0.717) is 29.9 Å². The average molecular weight is 253 g/mol. The van der Waals surface area contributed by atoms with Crippen molar-refractivity contribution in [1.29, 1.82) is 0 Å². The molecule has 0 radical (unpaired) electrons. The van der Waals surface area contributed by atoms with E-state index in [-0.39, 0.29) is 6.04 Å². The van der Waals surface area contributed by atoms with Crippen molar-refractivity contribution in [1.82, 2.24) is 0 Å². The minimum Gasteiger partial charge on any atom is -0.497 e. The molecule has 2 rings (SSSR count). The van der Waals surface area contributed by atoms with Crippen molar-refractivity contribution in [2.24, 2.45) is 5.73 Å². The number of rotatable bonds is 3. The van der Waals surface area contributed by atoms with Gasteiger partial charge in [-0.15, -0.1) is 0 Å². The largest absolute Gasteiger partial charge is 0.497 e. The Bertz CT molecular complexity index is 424. The molecule has 2 N–H and O–H groups in total. The molecule has 1 saturated carbocycles. The SMILES string of the molecule is COc1ccc(C2(F)CCCC(N)C2)c(OC)c1. The minimum atomic E-state index is -1.38. The summed E-state index contributed by atoms with van der Waals surface area (Å²) in [5.41, 5.74) is 5.09. The smallest absolute Gasteiger partial charge is 0.141 e. The fourth-order valence-electron chi connectivity index (χ4n) is 2.68. The lowest BCUT2D eigenvalue weighted by Gasteiger charge is -2.34. The number of halogens is 1. The lowest BCUT2D eigenvalue weighted by Crippen LogP contribution is -2.36. The monoisotopic (exact) mass is 253 g/mol. The molecule has 0 amide bonds. The molecule has 1 aromatic rings. The van der Waals surface area contributed by atoms with E-state index >= 15 is 4.39 Å². The summed E-state index contributed by atoms with van der Waals surface area (Å²) < 4.78 is 25.4. The van der Waals surface area contributed by atoms with Crippen molar-refractivity contribution < 1.29 is 13.9 Å². The van der Waals surface area contributed by atoms with E-state index in [1.165, 1.54) is 0 Å². The van der Waals surface area contributed by atoms with Crippen molar-refractivity contribution >= 4 is 0 Å². The zero-order valence-electron chi connectivity index (χ0n) is 10.9. The first kappa shape index (κ1) is 13.1. The topological polar surface area (TPSA) is 44.5 Å². The molecule has 1 fully saturated rings. The molecule has 1 aliphatic rings. The summed E-state index contributed by atoms with van der Waals surface area (Å²) in [5.74, 6) is 1.20. The quantitative estimate of drug-likeness (QED) is 0.900. The fraction of sp³-hybridized carbons (Fsp3) is 0.571. The van der Waals surface area contributed by atoms with Crippen molar-refractivity contribution in [3.8, 4) is 11.5 Å². The third-order valence-corrected chi connectivity index (χ3v) is 3.63. The van der Waals surface area contributed by atoms with Gasteiger partial charge < -0.3 is 15.2 Å². The van der Waals surface area contributed by atoms with E-state index in [9.17, 15) is 0 Å². The summed E-state index contributed by atoms with van der Waals surface area (Å²) in [7, 11) is 3.13. The molecular weight excluding hydrogens is 233 g/mol. The van der Waals surface area contributed by atoms with Crippen LogP contribution in [0.2, 0.25) is 0 Å². The Hall–Kier alpha value is -1.29.